The summed E-state index contributed by atoms with van der Waals surface area (Å²) in [6, 6.07) is 13.3. The lowest BCUT2D eigenvalue weighted by molar-refractivity contribution is 0.587. The number of nitrogens with two attached hydrogens (primary N) is 1. The van der Waals surface area contributed by atoms with Crippen molar-refractivity contribution in [2.45, 2.75) is 0 Å². The number of nitrogens with zero attached hydrogens (tertiary/aromatic N) is 2. The maximum Gasteiger partial charge on any atom is 0.320 e. The Labute approximate surface area is 114 Å². The monoisotopic (exact) mass is 270 g/mol. The highest BCUT2D eigenvalue weighted by Gasteiger charge is 2.08. The van der Waals surface area contributed by atoms with Gasteiger partial charge < -0.3 is 15.5 Å². The number of aromatic nitrogens is 2. The molecule has 5 nitrogen and oxygen atoms in total. The molecule has 0 unspecified atom stereocenters. The topological polar surface area (TPSA) is 77.0 Å². The van der Waals surface area contributed by atoms with Gasteiger partial charge in [0.25, 0.3) is 0 Å². The van der Waals surface area contributed by atoms with Crippen LogP contribution in [0.1, 0.15) is 0 Å². The summed E-state index contributed by atoms with van der Waals surface area (Å²) in [6.45, 7) is 0. The molecule has 0 amide bonds. The molecule has 0 fully saturated rings. The standard InChI is InChI=1S/C14H11FN4O/c15-10-2-1-3-12(8-10)17-14-19-18-13(20-14)9-4-6-11(16)7-5-9/h1-8H,16H2,(H,17,19). The minimum atomic E-state index is -0.340. The second-order valence-electron chi connectivity index (χ2n) is 4.17. The van der Waals surface area contributed by atoms with E-state index in [0.717, 1.165) is 5.56 Å². The molecular formula is C14H11FN4O. The smallest absolute Gasteiger partial charge is 0.320 e. The van der Waals surface area contributed by atoms with Crippen molar-refractivity contribution in [3.05, 3.63) is 54.3 Å². The second kappa shape index (κ2) is 5.00. The van der Waals surface area contributed by atoms with Crippen LogP contribution in [0, 0.1) is 5.82 Å². The Kier molecular flexibility index (Phi) is 3.04. The molecule has 1 aromatic heterocycles. The highest BCUT2D eigenvalue weighted by molar-refractivity contribution is 5.58. The number of anilines is 3. The summed E-state index contributed by atoms with van der Waals surface area (Å²) in [5, 5.41) is 10.6. The minimum Gasteiger partial charge on any atom is -0.403 e. The van der Waals surface area contributed by atoms with Crippen molar-refractivity contribution in [1.82, 2.24) is 10.2 Å². The van der Waals surface area contributed by atoms with Crippen LogP contribution in [0.5, 0.6) is 0 Å². The molecule has 20 heavy (non-hydrogen) atoms. The summed E-state index contributed by atoms with van der Waals surface area (Å²) < 4.78 is 18.5. The van der Waals surface area contributed by atoms with Crippen molar-refractivity contribution in [1.29, 1.82) is 0 Å². The Balaban J connectivity index is 1.82. The maximum atomic E-state index is 13.1. The van der Waals surface area contributed by atoms with Crippen LogP contribution in [0.2, 0.25) is 0 Å². The molecule has 3 N–H and O–H groups in total. The van der Waals surface area contributed by atoms with E-state index in [4.69, 9.17) is 10.2 Å². The highest BCUT2D eigenvalue weighted by Crippen LogP contribution is 2.23. The minimum absolute atomic E-state index is 0.197. The summed E-state index contributed by atoms with van der Waals surface area (Å²) in [4.78, 5) is 0. The molecular weight excluding hydrogens is 259 g/mol. The van der Waals surface area contributed by atoms with Gasteiger partial charge in [0.15, 0.2) is 0 Å². The predicted molar refractivity (Wildman–Crippen MR) is 73.8 cm³/mol. The summed E-state index contributed by atoms with van der Waals surface area (Å²) in [5.41, 5.74) is 7.57. The lowest BCUT2D eigenvalue weighted by atomic mass is 10.2. The van der Waals surface area contributed by atoms with Crippen molar-refractivity contribution >= 4 is 17.4 Å². The van der Waals surface area contributed by atoms with E-state index in [9.17, 15) is 4.39 Å². The van der Waals surface area contributed by atoms with Crippen molar-refractivity contribution in [2.24, 2.45) is 0 Å². The quantitative estimate of drug-likeness (QED) is 0.715. The molecule has 2 aromatic carbocycles. The van der Waals surface area contributed by atoms with Gasteiger partial charge in [-0.2, -0.15) is 0 Å². The van der Waals surface area contributed by atoms with Crippen molar-refractivity contribution in [3.8, 4) is 11.5 Å². The third-order valence-corrected chi connectivity index (χ3v) is 2.66. The fourth-order valence-corrected chi connectivity index (χ4v) is 1.71. The first kappa shape index (κ1) is 12.2. The van der Waals surface area contributed by atoms with Gasteiger partial charge in [-0.3, -0.25) is 0 Å². The fraction of sp³-hybridized carbons (Fsp3) is 0. The molecule has 6 heteroatoms. The zero-order chi connectivity index (χ0) is 13.9. The molecule has 0 aliphatic rings. The van der Waals surface area contributed by atoms with E-state index in [1.54, 1.807) is 36.4 Å². The first-order valence-electron chi connectivity index (χ1n) is 5.93. The third kappa shape index (κ3) is 2.59. The van der Waals surface area contributed by atoms with Crippen LogP contribution in [-0.2, 0) is 0 Å². The first-order chi connectivity index (χ1) is 9.70. The predicted octanol–water partition coefficient (Wildman–Crippen LogP) is 3.20. The van der Waals surface area contributed by atoms with Gasteiger partial charge in [-0.1, -0.05) is 11.2 Å². The van der Waals surface area contributed by atoms with Crippen LogP contribution in [0.3, 0.4) is 0 Å². The van der Waals surface area contributed by atoms with E-state index in [1.165, 1.54) is 12.1 Å². The van der Waals surface area contributed by atoms with Crippen LogP contribution >= 0.6 is 0 Å². The normalized spacial score (nSPS) is 10.4. The third-order valence-electron chi connectivity index (χ3n) is 2.66. The number of nitrogen functional groups attached to an aromatic ring is 1. The second-order valence-corrected chi connectivity index (χ2v) is 4.17. The summed E-state index contributed by atoms with van der Waals surface area (Å²) >= 11 is 0. The van der Waals surface area contributed by atoms with Crippen LogP contribution in [0.4, 0.5) is 21.8 Å². The van der Waals surface area contributed by atoms with E-state index in [1.807, 2.05) is 0 Å². The van der Waals surface area contributed by atoms with Gasteiger partial charge in [0, 0.05) is 16.9 Å². The molecule has 0 aliphatic carbocycles. The lowest BCUT2D eigenvalue weighted by Gasteiger charge is -2.00. The van der Waals surface area contributed by atoms with Gasteiger partial charge in [0.05, 0.1) is 0 Å². The van der Waals surface area contributed by atoms with E-state index in [2.05, 4.69) is 15.5 Å². The van der Waals surface area contributed by atoms with Gasteiger partial charge >= 0.3 is 6.01 Å². The Bertz CT molecular complexity index is 724. The molecule has 0 atom stereocenters. The zero-order valence-corrected chi connectivity index (χ0v) is 10.4. The fourth-order valence-electron chi connectivity index (χ4n) is 1.71. The van der Waals surface area contributed by atoms with Gasteiger partial charge in [-0.05, 0) is 42.5 Å². The van der Waals surface area contributed by atoms with Gasteiger partial charge in [0.1, 0.15) is 5.82 Å². The summed E-state index contributed by atoms with van der Waals surface area (Å²) in [6.07, 6.45) is 0. The van der Waals surface area contributed by atoms with E-state index < -0.39 is 0 Å². The van der Waals surface area contributed by atoms with E-state index in [-0.39, 0.29) is 11.8 Å². The maximum absolute atomic E-state index is 13.1. The largest absolute Gasteiger partial charge is 0.403 e. The van der Waals surface area contributed by atoms with Crippen LogP contribution in [0.25, 0.3) is 11.5 Å². The summed E-state index contributed by atoms with van der Waals surface area (Å²) in [7, 11) is 0. The van der Waals surface area contributed by atoms with Crippen LogP contribution in [0.15, 0.2) is 52.9 Å². The summed E-state index contributed by atoms with van der Waals surface area (Å²) in [5.74, 6) is 0.0252. The molecule has 3 aromatic rings. The Morgan fingerprint density at radius 3 is 2.60 bits per heavy atom. The average molecular weight is 270 g/mol. The molecule has 0 radical (unpaired) electrons. The number of nitrogens with one attached hydrogen (secondary N) is 1. The molecule has 0 aliphatic heterocycles. The SMILES string of the molecule is Nc1ccc(-c2nnc(Nc3cccc(F)c3)o2)cc1. The Morgan fingerprint density at radius 1 is 1.05 bits per heavy atom. The lowest BCUT2D eigenvalue weighted by Crippen LogP contribution is -1.90. The molecule has 100 valence electrons. The number of benzene rings is 2. The average Bonchev–Trinajstić information content (AvgIpc) is 2.88. The van der Waals surface area contributed by atoms with Crippen LogP contribution in [-0.4, -0.2) is 10.2 Å². The van der Waals surface area contributed by atoms with Crippen molar-refractivity contribution < 1.29 is 8.81 Å². The number of hydrogen-bond acceptors (Lipinski definition) is 5. The van der Waals surface area contributed by atoms with Crippen molar-refractivity contribution in [2.75, 3.05) is 11.1 Å². The van der Waals surface area contributed by atoms with Crippen molar-refractivity contribution in [3.63, 3.8) is 0 Å². The van der Waals surface area contributed by atoms with E-state index in [0.29, 0.717) is 17.3 Å². The molecule has 0 saturated carbocycles. The number of rotatable bonds is 3. The van der Waals surface area contributed by atoms with Gasteiger partial charge in [0.2, 0.25) is 5.89 Å². The number of hydrogen-bond donors (Lipinski definition) is 2. The Hall–Kier alpha value is -2.89. The van der Waals surface area contributed by atoms with Gasteiger partial charge in [-0.15, -0.1) is 5.10 Å². The first-order valence-corrected chi connectivity index (χ1v) is 5.93. The molecule has 3 rings (SSSR count). The molecule has 0 spiro atoms. The molecule has 0 bridgehead atoms. The van der Waals surface area contributed by atoms with Gasteiger partial charge in [-0.25, -0.2) is 4.39 Å². The molecule has 0 saturated heterocycles. The number of halogens is 1. The Morgan fingerprint density at radius 2 is 1.85 bits per heavy atom. The zero-order valence-electron chi connectivity index (χ0n) is 10.4. The van der Waals surface area contributed by atoms with E-state index >= 15 is 0 Å². The molecule has 1 heterocycles. The highest BCUT2D eigenvalue weighted by atomic mass is 19.1. The van der Waals surface area contributed by atoms with Crippen LogP contribution < -0.4 is 11.1 Å².